The molecule has 4 aromatic carbocycles. The fourth-order valence-corrected chi connectivity index (χ4v) is 8.93. The van der Waals surface area contributed by atoms with Gasteiger partial charge in [0.05, 0.1) is 33.5 Å². The summed E-state index contributed by atoms with van der Waals surface area (Å²) in [6, 6.07) is 19.9. The molecule has 0 spiro atoms. The minimum absolute atomic E-state index is 0.0292. The van der Waals surface area contributed by atoms with E-state index in [1.165, 1.54) is 12.1 Å². The summed E-state index contributed by atoms with van der Waals surface area (Å²) in [5.74, 6) is 0.681. The Balaban J connectivity index is 0.000000269. The molecule has 0 heterocycles. The Morgan fingerprint density at radius 3 is 1.67 bits per heavy atom. The van der Waals surface area contributed by atoms with Gasteiger partial charge in [-0.25, -0.2) is 8.78 Å². The van der Waals surface area contributed by atoms with Gasteiger partial charge in [-0.15, -0.1) is 13.2 Å². The highest BCUT2D eigenvalue weighted by molar-refractivity contribution is 6.74. The van der Waals surface area contributed by atoms with Gasteiger partial charge in [0.25, 0.3) is 0 Å². The first-order valence-corrected chi connectivity index (χ1v) is 27.1. The van der Waals surface area contributed by atoms with E-state index in [0.29, 0.717) is 41.2 Å². The lowest BCUT2D eigenvalue weighted by atomic mass is 9.73. The lowest BCUT2D eigenvalue weighted by Gasteiger charge is -2.36. The summed E-state index contributed by atoms with van der Waals surface area (Å²) >= 11 is 0. The second kappa shape index (κ2) is 18.5. The first kappa shape index (κ1) is 49.8. The van der Waals surface area contributed by atoms with E-state index in [1.807, 2.05) is 44.2 Å². The van der Waals surface area contributed by atoms with Crippen molar-refractivity contribution in [3.05, 3.63) is 131 Å². The molecule has 332 valence electrons. The predicted octanol–water partition coefficient (Wildman–Crippen LogP) is 14.9. The maximum atomic E-state index is 15.0. The normalized spacial score (nSPS) is 15.0. The number of ether oxygens (including phenoxy) is 2. The molecule has 9 heteroatoms. The number of hydrogen-bond acceptors (Lipinski definition) is 5. The van der Waals surface area contributed by atoms with E-state index < -0.39 is 28.2 Å². The van der Waals surface area contributed by atoms with Crippen LogP contribution in [0, 0.1) is 22.5 Å². The number of aliphatic hydroxyl groups excluding tert-OH is 1. The van der Waals surface area contributed by atoms with Crippen molar-refractivity contribution in [2.24, 2.45) is 10.8 Å². The van der Waals surface area contributed by atoms with E-state index >= 15 is 0 Å². The smallest absolute Gasteiger partial charge is 0.192 e. The van der Waals surface area contributed by atoms with Crippen LogP contribution in [0.15, 0.2) is 92.0 Å². The van der Waals surface area contributed by atoms with Gasteiger partial charge >= 0.3 is 0 Å². The lowest BCUT2D eigenvalue weighted by Crippen LogP contribution is -2.40. The highest BCUT2D eigenvalue weighted by Gasteiger charge is 2.42. The highest BCUT2D eigenvalue weighted by Crippen LogP contribution is 2.57. The quantitative estimate of drug-likeness (QED) is 0.101. The van der Waals surface area contributed by atoms with Gasteiger partial charge in [-0.05, 0) is 105 Å². The number of rotatable bonds is 14. The van der Waals surface area contributed by atoms with Crippen LogP contribution in [-0.4, -0.2) is 36.0 Å². The summed E-state index contributed by atoms with van der Waals surface area (Å²) in [6.45, 7) is 39.4. The standard InChI is InChI=1S/C26H37FO3Si.C26H35FO2Si/c1-10-26(5,6)24(28)22-15-18(17-30-31(8,9)25(2,3)4)11-13-20(22)21-16-19(29-7)12-14-23(21)27;1-10-26(5,6)24-19-15-17(16-29-30(8,9)25(2,3)4)11-12-18(19)22-20(27)13-14-21(28-7)23(22)24/h10-16,24,28H,1,17H2,2-9H3;10-15,24H,1,16H2,2-9H3. The highest BCUT2D eigenvalue weighted by atomic mass is 28.4. The van der Waals surface area contributed by atoms with E-state index in [0.717, 1.165) is 33.6 Å². The fraction of sp³-hybridized carbons (Fsp3) is 0.462. The Kier molecular flexibility index (Phi) is 15.1. The van der Waals surface area contributed by atoms with Crippen molar-refractivity contribution in [2.45, 2.75) is 131 Å². The summed E-state index contributed by atoms with van der Waals surface area (Å²) in [4.78, 5) is 0. The third-order valence-electron chi connectivity index (χ3n) is 13.5. The van der Waals surface area contributed by atoms with E-state index in [1.54, 1.807) is 38.5 Å². The van der Waals surface area contributed by atoms with Gasteiger partial charge in [0.1, 0.15) is 23.1 Å². The van der Waals surface area contributed by atoms with E-state index in [2.05, 4.69) is 107 Å². The van der Waals surface area contributed by atoms with Gasteiger partial charge in [-0.1, -0.05) is 118 Å². The Hall–Kier alpha value is -3.87. The molecule has 1 aliphatic rings. The minimum Gasteiger partial charge on any atom is -0.497 e. The van der Waals surface area contributed by atoms with Gasteiger partial charge in [0.2, 0.25) is 0 Å². The molecule has 0 bridgehead atoms. The van der Waals surface area contributed by atoms with Crippen LogP contribution in [0.25, 0.3) is 22.3 Å². The van der Waals surface area contributed by atoms with Gasteiger partial charge in [-0.2, -0.15) is 0 Å². The Morgan fingerprint density at radius 1 is 0.656 bits per heavy atom. The topological polar surface area (TPSA) is 57.2 Å². The van der Waals surface area contributed by atoms with Gasteiger partial charge in [0, 0.05) is 28.0 Å². The molecule has 1 N–H and O–H groups in total. The fourth-order valence-electron chi connectivity index (χ4n) is 7.01. The summed E-state index contributed by atoms with van der Waals surface area (Å²) < 4.78 is 53.5. The zero-order valence-electron chi connectivity index (χ0n) is 39.8. The minimum atomic E-state index is -1.93. The molecule has 0 aromatic heterocycles. The van der Waals surface area contributed by atoms with Crippen LogP contribution in [-0.2, 0) is 22.1 Å². The van der Waals surface area contributed by atoms with Crippen molar-refractivity contribution in [3.8, 4) is 33.8 Å². The zero-order valence-corrected chi connectivity index (χ0v) is 41.8. The van der Waals surface area contributed by atoms with E-state index in [9.17, 15) is 13.9 Å². The Morgan fingerprint density at radius 2 is 1.18 bits per heavy atom. The maximum absolute atomic E-state index is 15.0. The Labute approximate surface area is 368 Å². The molecule has 0 saturated carbocycles. The van der Waals surface area contributed by atoms with Crippen molar-refractivity contribution >= 4 is 16.6 Å². The molecule has 5 nitrogen and oxygen atoms in total. The second-order valence-corrected chi connectivity index (χ2v) is 30.3. The van der Waals surface area contributed by atoms with Gasteiger partial charge in [-0.3, -0.25) is 0 Å². The number of halogens is 2. The van der Waals surface area contributed by atoms with E-state index in [-0.39, 0.29) is 33.0 Å². The molecule has 5 rings (SSSR count). The number of allylic oxidation sites excluding steroid dienone is 1. The number of aliphatic hydroxyl groups is 1. The zero-order chi connectivity index (χ0) is 46.1. The number of fused-ring (bicyclic) bond motifs is 3. The first-order chi connectivity index (χ1) is 28.1. The molecule has 0 aliphatic heterocycles. The number of hydrogen-bond donors (Lipinski definition) is 1. The molecule has 2 unspecified atom stereocenters. The van der Waals surface area contributed by atoms with Gasteiger partial charge in [0.15, 0.2) is 16.6 Å². The molecule has 0 radical (unpaired) electrons. The largest absolute Gasteiger partial charge is 0.497 e. The van der Waals surface area contributed by atoms with Crippen molar-refractivity contribution in [1.82, 2.24) is 0 Å². The van der Waals surface area contributed by atoms with Crippen molar-refractivity contribution in [1.29, 1.82) is 0 Å². The maximum Gasteiger partial charge on any atom is 0.192 e. The third kappa shape index (κ3) is 10.7. The molecule has 0 amide bonds. The molecule has 1 aliphatic carbocycles. The molecule has 0 saturated heterocycles. The second-order valence-electron chi connectivity index (χ2n) is 20.7. The van der Waals surface area contributed by atoms with Crippen LogP contribution in [0.5, 0.6) is 11.5 Å². The summed E-state index contributed by atoms with van der Waals surface area (Å²) in [5, 5.41) is 11.5. The van der Waals surface area contributed by atoms with Crippen molar-refractivity contribution in [3.63, 3.8) is 0 Å². The molecular weight excluding hydrogens is 799 g/mol. The molecular formula is C52H72F2O5Si2. The van der Waals surface area contributed by atoms with Gasteiger partial charge < -0.3 is 23.4 Å². The van der Waals surface area contributed by atoms with Crippen molar-refractivity contribution in [2.75, 3.05) is 14.2 Å². The van der Waals surface area contributed by atoms with Crippen LogP contribution in [0.1, 0.15) is 109 Å². The average Bonchev–Trinajstić information content (AvgIpc) is 3.55. The number of methoxy groups -OCH3 is 2. The van der Waals surface area contributed by atoms with Crippen LogP contribution in [0.2, 0.25) is 36.3 Å². The van der Waals surface area contributed by atoms with Crippen LogP contribution >= 0.6 is 0 Å². The SMILES string of the molecule is C=CC(C)(C)C(O)c1cc(CO[Si](C)(C)C(C)(C)C)ccc1-c1cc(OC)ccc1F.C=CC(C)(C)C1c2cc(CO[Si](C)(C)C(C)(C)C)ccc2-c2c(F)ccc(OC)c21. The Bertz CT molecular complexity index is 2210. The first-order valence-electron chi connectivity index (χ1n) is 21.3. The molecule has 4 aromatic rings. The summed E-state index contributed by atoms with van der Waals surface area (Å²) in [7, 11) is -0.591. The third-order valence-corrected chi connectivity index (χ3v) is 22.5. The molecule has 2 atom stereocenters. The molecule has 61 heavy (non-hydrogen) atoms. The van der Waals surface area contributed by atoms with Crippen LogP contribution in [0.4, 0.5) is 8.78 Å². The summed E-state index contributed by atoms with van der Waals surface area (Å²) in [5.41, 5.74) is 6.52. The lowest BCUT2D eigenvalue weighted by molar-refractivity contribution is 0.0825. The van der Waals surface area contributed by atoms with Crippen LogP contribution < -0.4 is 9.47 Å². The monoisotopic (exact) mass is 870 g/mol. The predicted molar refractivity (Wildman–Crippen MR) is 256 cm³/mol. The van der Waals surface area contributed by atoms with Crippen LogP contribution in [0.3, 0.4) is 0 Å². The summed E-state index contributed by atoms with van der Waals surface area (Å²) in [6.07, 6.45) is 2.82. The molecule has 0 fully saturated rings. The van der Waals surface area contributed by atoms with Crippen molar-refractivity contribution < 1.29 is 32.2 Å². The average molecular weight is 871 g/mol. The number of benzene rings is 4. The van der Waals surface area contributed by atoms with E-state index in [4.69, 9.17) is 18.3 Å².